The molecule has 0 aliphatic rings. The highest BCUT2D eigenvalue weighted by molar-refractivity contribution is 7.92. The highest BCUT2D eigenvalue weighted by atomic mass is 32.2. The number of carbonyl (C=O) groups excluding carboxylic acids is 2. The first-order valence-corrected chi connectivity index (χ1v) is 15.2. The van der Waals surface area contributed by atoms with Crippen LogP contribution in [0.25, 0.3) is 0 Å². The maximum atomic E-state index is 14.2. The number of nitrogens with zero attached hydrogens (tertiary/aromatic N) is 2. The lowest BCUT2D eigenvalue weighted by atomic mass is 10.0. The highest BCUT2D eigenvalue weighted by Gasteiger charge is 2.34. The van der Waals surface area contributed by atoms with Crippen molar-refractivity contribution in [2.75, 3.05) is 23.7 Å². The van der Waals surface area contributed by atoms with Gasteiger partial charge in [0.25, 0.3) is 0 Å². The van der Waals surface area contributed by atoms with Crippen LogP contribution in [-0.2, 0) is 32.6 Å². The summed E-state index contributed by atoms with van der Waals surface area (Å²) in [5, 5.41) is 2.96. The van der Waals surface area contributed by atoms with Crippen LogP contribution in [-0.4, -0.2) is 56.6 Å². The third-order valence-corrected chi connectivity index (χ3v) is 7.54. The minimum atomic E-state index is -3.89. The zero-order valence-electron chi connectivity index (χ0n) is 23.8. The molecule has 0 saturated carbocycles. The Hall–Kier alpha value is -3.85. The Balaban J connectivity index is 2.09. The van der Waals surface area contributed by atoms with Crippen molar-refractivity contribution < 1.29 is 22.7 Å². The summed E-state index contributed by atoms with van der Waals surface area (Å²) in [6.45, 7) is 7.45. The molecule has 0 spiro atoms. The molecule has 0 radical (unpaired) electrons. The third kappa shape index (κ3) is 8.32. The minimum Gasteiger partial charge on any atom is -0.492 e. The molecule has 8 nitrogen and oxygen atoms in total. The Kier molecular flexibility index (Phi) is 10.7. The van der Waals surface area contributed by atoms with Gasteiger partial charge >= 0.3 is 0 Å². The number of rotatable bonds is 13. The monoisotopic (exact) mass is 565 g/mol. The van der Waals surface area contributed by atoms with Crippen molar-refractivity contribution in [2.45, 2.75) is 52.7 Å². The standard InChI is InChI=1S/C31H39N3O5S/c1-6-39-29-19-13-12-18-27(29)34(40(5,37)38)22-30(35)33(21-26-17-11-10-14-24(26)4)28(31(36)32-23(2)3)20-25-15-8-7-9-16-25/h7-19,23,28H,6,20-22H2,1-5H3,(H,32,36)/t28-/m0/s1. The van der Waals surface area contributed by atoms with Crippen molar-refractivity contribution in [2.24, 2.45) is 0 Å². The van der Waals surface area contributed by atoms with Gasteiger partial charge in [-0.3, -0.25) is 13.9 Å². The molecule has 0 aromatic heterocycles. The van der Waals surface area contributed by atoms with E-state index >= 15 is 0 Å². The first-order valence-electron chi connectivity index (χ1n) is 13.4. The van der Waals surface area contributed by atoms with E-state index in [1.807, 2.05) is 75.4 Å². The summed E-state index contributed by atoms with van der Waals surface area (Å²) in [5.41, 5.74) is 2.98. The van der Waals surface area contributed by atoms with Crippen LogP contribution in [0.1, 0.15) is 37.5 Å². The number of hydrogen-bond acceptors (Lipinski definition) is 5. The highest BCUT2D eigenvalue weighted by Crippen LogP contribution is 2.30. The molecule has 9 heteroatoms. The van der Waals surface area contributed by atoms with Crippen LogP contribution in [0.5, 0.6) is 5.75 Å². The molecule has 0 fully saturated rings. The minimum absolute atomic E-state index is 0.138. The number of anilines is 1. The average Bonchev–Trinajstić information content (AvgIpc) is 2.90. The number of para-hydroxylation sites is 2. The van der Waals surface area contributed by atoms with E-state index < -0.39 is 28.5 Å². The SMILES string of the molecule is CCOc1ccccc1N(CC(=O)N(Cc1ccccc1C)[C@@H](Cc1ccccc1)C(=O)NC(C)C)S(C)(=O)=O. The number of nitrogens with one attached hydrogen (secondary N) is 1. The number of amides is 2. The summed E-state index contributed by atoms with van der Waals surface area (Å²) in [4.78, 5) is 29.3. The molecular formula is C31H39N3O5S. The summed E-state index contributed by atoms with van der Waals surface area (Å²) >= 11 is 0. The molecule has 40 heavy (non-hydrogen) atoms. The second kappa shape index (κ2) is 14.0. The van der Waals surface area contributed by atoms with Crippen LogP contribution in [0, 0.1) is 6.92 Å². The van der Waals surface area contributed by atoms with E-state index in [0.717, 1.165) is 27.3 Å². The van der Waals surface area contributed by atoms with Crippen molar-refractivity contribution >= 4 is 27.5 Å². The summed E-state index contributed by atoms with van der Waals surface area (Å²) < 4.78 is 32.8. The van der Waals surface area contributed by atoms with Crippen molar-refractivity contribution in [3.05, 3.63) is 95.6 Å². The molecule has 3 aromatic rings. The quantitative estimate of drug-likeness (QED) is 0.333. The molecule has 1 N–H and O–H groups in total. The molecule has 0 saturated heterocycles. The van der Waals surface area contributed by atoms with Crippen molar-refractivity contribution in [1.82, 2.24) is 10.2 Å². The van der Waals surface area contributed by atoms with Crippen LogP contribution < -0.4 is 14.4 Å². The summed E-state index contributed by atoms with van der Waals surface area (Å²) in [6.07, 6.45) is 1.33. The van der Waals surface area contributed by atoms with Crippen LogP contribution >= 0.6 is 0 Å². The van der Waals surface area contributed by atoms with E-state index in [2.05, 4.69) is 5.32 Å². The average molecular weight is 566 g/mol. The van der Waals surface area contributed by atoms with E-state index in [1.54, 1.807) is 31.2 Å². The van der Waals surface area contributed by atoms with Crippen molar-refractivity contribution in [3.63, 3.8) is 0 Å². The predicted octanol–water partition coefficient (Wildman–Crippen LogP) is 4.32. The lowest BCUT2D eigenvalue weighted by Crippen LogP contribution is -2.54. The fraction of sp³-hybridized carbons (Fsp3) is 0.355. The summed E-state index contributed by atoms with van der Waals surface area (Å²) in [6, 6.07) is 22.8. The van der Waals surface area contributed by atoms with Crippen LogP contribution in [0.4, 0.5) is 5.69 Å². The third-order valence-electron chi connectivity index (χ3n) is 6.42. The van der Waals surface area contributed by atoms with Gasteiger partial charge in [0.05, 0.1) is 18.6 Å². The van der Waals surface area contributed by atoms with Crippen LogP contribution in [0.2, 0.25) is 0 Å². The van der Waals surface area contributed by atoms with Crippen LogP contribution in [0.3, 0.4) is 0 Å². The second-order valence-corrected chi connectivity index (χ2v) is 11.9. The van der Waals surface area contributed by atoms with Crippen molar-refractivity contribution in [1.29, 1.82) is 0 Å². The van der Waals surface area contributed by atoms with Gasteiger partial charge in [-0.25, -0.2) is 8.42 Å². The van der Waals surface area contributed by atoms with Gasteiger partial charge in [0.2, 0.25) is 21.8 Å². The molecule has 3 aromatic carbocycles. The number of sulfonamides is 1. The fourth-order valence-electron chi connectivity index (χ4n) is 4.44. The van der Waals surface area contributed by atoms with Gasteiger partial charge in [-0.15, -0.1) is 0 Å². The molecule has 0 unspecified atom stereocenters. The van der Waals surface area contributed by atoms with E-state index in [-0.39, 0.29) is 30.6 Å². The molecule has 0 aliphatic carbocycles. The summed E-state index contributed by atoms with van der Waals surface area (Å²) in [5.74, 6) is -0.451. The van der Waals surface area contributed by atoms with Gasteiger partial charge < -0.3 is 15.0 Å². The Morgan fingerprint density at radius 1 is 0.925 bits per heavy atom. The van der Waals surface area contributed by atoms with E-state index in [1.165, 1.54) is 4.90 Å². The van der Waals surface area contributed by atoms with Gasteiger partial charge in [0.1, 0.15) is 18.3 Å². The first kappa shape index (κ1) is 30.7. The number of carbonyl (C=O) groups is 2. The normalized spacial score (nSPS) is 12.1. The fourth-order valence-corrected chi connectivity index (χ4v) is 5.29. The molecule has 0 heterocycles. The molecular weight excluding hydrogens is 526 g/mol. The zero-order chi connectivity index (χ0) is 29.3. The lowest BCUT2D eigenvalue weighted by molar-refractivity contribution is -0.140. The Morgan fingerprint density at radius 2 is 1.55 bits per heavy atom. The van der Waals surface area contributed by atoms with E-state index in [0.29, 0.717) is 12.4 Å². The Labute approximate surface area is 238 Å². The number of hydrogen-bond donors (Lipinski definition) is 1. The lowest BCUT2D eigenvalue weighted by Gasteiger charge is -2.34. The van der Waals surface area contributed by atoms with Crippen molar-refractivity contribution in [3.8, 4) is 5.75 Å². The first-order chi connectivity index (χ1) is 19.0. The number of benzene rings is 3. The van der Waals surface area contributed by atoms with Gasteiger partial charge in [-0.2, -0.15) is 0 Å². The number of aryl methyl sites for hydroxylation is 1. The largest absolute Gasteiger partial charge is 0.492 e. The molecule has 214 valence electrons. The maximum Gasteiger partial charge on any atom is 0.244 e. The maximum absolute atomic E-state index is 14.2. The molecule has 0 bridgehead atoms. The summed E-state index contributed by atoms with van der Waals surface area (Å²) in [7, 11) is -3.89. The molecule has 1 atom stereocenters. The molecule has 3 rings (SSSR count). The topological polar surface area (TPSA) is 96.0 Å². The van der Waals surface area contributed by atoms with Gasteiger partial charge in [0, 0.05) is 19.0 Å². The molecule has 0 aliphatic heterocycles. The Bertz CT molecular complexity index is 1390. The second-order valence-electron chi connectivity index (χ2n) is 9.99. The molecule has 2 amide bonds. The number of ether oxygens (including phenoxy) is 1. The Morgan fingerprint density at radius 3 is 2.17 bits per heavy atom. The smallest absolute Gasteiger partial charge is 0.244 e. The van der Waals surface area contributed by atoms with E-state index in [9.17, 15) is 18.0 Å². The van der Waals surface area contributed by atoms with Gasteiger partial charge in [-0.05, 0) is 56.5 Å². The zero-order valence-corrected chi connectivity index (χ0v) is 24.6. The predicted molar refractivity (Wildman–Crippen MR) is 159 cm³/mol. The van der Waals surface area contributed by atoms with Gasteiger partial charge in [0.15, 0.2) is 0 Å². The van der Waals surface area contributed by atoms with E-state index in [4.69, 9.17) is 4.74 Å². The van der Waals surface area contributed by atoms with Crippen LogP contribution in [0.15, 0.2) is 78.9 Å². The van der Waals surface area contributed by atoms with Gasteiger partial charge in [-0.1, -0.05) is 66.7 Å².